The van der Waals surface area contributed by atoms with E-state index in [1.807, 2.05) is 24.3 Å². The van der Waals surface area contributed by atoms with E-state index >= 15 is 0 Å². The van der Waals surface area contributed by atoms with Crippen LogP contribution in [-0.2, 0) is 0 Å². The monoisotopic (exact) mass is 446 g/mol. The SMILES string of the molecule is O=C(Nc1cccc(Cl)c1)N1CCCC1c1nc(-c2ccc(Br)cc2)no1. The summed E-state index contributed by atoms with van der Waals surface area (Å²) in [5, 5.41) is 7.52. The third-order valence-electron chi connectivity index (χ3n) is 4.42. The summed E-state index contributed by atoms with van der Waals surface area (Å²) in [6.07, 6.45) is 1.66. The first-order valence-corrected chi connectivity index (χ1v) is 9.70. The molecule has 2 aromatic carbocycles. The zero-order valence-corrected chi connectivity index (χ0v) is 16.6. The number of rotatable bonds is 3. The molecule has 1 fully saturated rings. The molecule has 1 atom stereocenters. The molecule has 2 amide bonds. The summed E-state index contributed by atoms with van der Waals surface area (Å²) in [6.45, 7) is 0.632. The number of nitrogens with zero attached hydrogens (tertiary/aromatic N) is 3. The normalized spacial score (nSPS) is 16.5. The minimum atomic E-state index is -0.235. The largest absolute Gasteiger partial charge is 0.337 e. The Balaban J connectivity index is 1.51. The molecule has 1 N–H and O–H groups in total. The van der Waals surface area contributed by atoms with Crippen molar-refractivity contribution in [2.45, 2.75) is 18.9 Å². The van der Waals surface area contributed by atoms with Crippen molar-refractivity contribution in [2.24, 2.45) is 0 Å². The number of likely N-dealkylation sites (tertiary alicyclic amines) is 1. The van der Waals surface area contributed by atoms with Crippen molar-refractivity contribution in [1.29, 1.82) is 0 Å². The third kappa shape index (κ3) is 3.99. The predicted octanol–water partition coefficient (Wildman–Crippen LogP) is 5.52. The molecular weight excluding hydrogens is 432 g/mol. The molecule has 0 spiro atoms. The molecule has 1 unspecified atom stereocenters. The number of aromatic nitrogens is 2. The highest BCUT2D eigenvalue weighted by atomic mass is 79.9. The van der Waals surface area contributed by atoms with E-state index in [0.717, 1.165) is 22.9 Å². The Morgan fingerprint density at radius 2 is 2.07 bits per heavy atom. The number of carbonyl (C=O) groups excluding carboxylic acids is 1. The van der Waals surface area contributed by atoms with Crippen LogP contribution in [0.2, 0.25) is 5.02 Å². The van der Waals surface area contributed by atoms with E-state index in [1.165, 1.54) is 0 Å². The molecule has 0 bridgehead atoms. The number of anilines is 1. The Kier molecular flexibility index (Phi) is 5.13. The van der Waals surface area contributed by atoms with Crippen molar-refractivity contribution in [3.05, 3.63) is 63.9 Å². The standard InChI is InChI=1S/C19H16BrClN4O2/c20-13-8-6-12(7-9-13)17-23-18(27-24-17)16-5-2-10-25(16)19(26)22-15-4-1-3-14(21)11-15/h1,3-4,6-9,11,16H,2,5,10H2,(H,22,26). The molecule has 27 heavy (non-hydrogen) atoms. The van der Waals surface area contributed by atoms with Gasteiger partial charge in [0, 0.05) is 27.3 Å². The van der Waals surface area contributed by atoms with E-state index < -0.39 is 0 Å². The van der Waals surface area contributed by atoms with Crippen molar-refractivity contribution >= 4 is 39.2 Å². The van der Waals surface area contributed by atoms with E-state index in [-0.39, 0.29) is 12.1 Å². The molecule has 0 aliphatic carbocycles. The molecule has 0 radical (unpaired) electrons. The van der Waals surface area contributed by atoms with E-state index in [0.29, 0.717) is 29.0 Å². The van der Waals surface area contributed by atoms with E-state index in [4.69, 9.17) is 16.1 Å². The summed E-state index contributed by atoms with van der Waals surface area (Å²) in [5.41, 5.74) is 1.51. The van der Waals surface area contributed by atoms with E-state index in [1.54, 1.807) is 29.2 Å². The first kappa shape index (κ1) is 18.0. The van der Waals surface area contributed by atoms with Crippen LogP contribution in [0.4, 0.5) is 10.5 Å². The minimum Gasteiger partial charge on any atom is -0.337 e. The van der Waals surface area contributed by atoms with Gasteiger partial charge < -0.3 is 14.7 Å². The Bertz CT molecular complexity index is 960. The fraction of sp³-hybridized carbons (Fsp3) is 0.211. The van der Waals surface area contributed by atoms with Gasteiger partial charge in [-0.25, -0.2) is 4.79 Å². The topological polar surface area (TPSA) is 71.3 Å². The lowest BCUT2D eigenvalue weighted by atomic mass is 10.2. The fourth-order valence-corrected chi connectivity index (χ4v) is 3.57. The zero-order valence-electron chi connectivity index (χ0n) is 14.2. The smallest absolute Gasteiger partial charge is 0.322 e. The summed E-state index contributed by atoms with van der Waals surface area (Å²) in [5.74, 6) is 0.964. The highest BCUT2D eigenvalue weighted by molar-refractivity contribution is 9.10. The van der Waals surface area contributed by atoms with Crippen LogP contribution in [-0.4, -0.2) is 27.6 Å². The number of halogens is 2. The average molecular weight is 448 g/mol. The molecule has 4 rings (SSSR count). The quantitative estimate of drug-likeness (QED) is 0.574. The van der Waals surface area contributed by atoms with Gasteiger partial charge in [-0.15, -0.1) is 0 Å². The Morgan fingerprint density at radius 1 is 1.26 bits per heavy atom. The second-order valence-electron chi connectivity index (χ2n) is 6.26. The van der Waals surface area contributed by atoms with Gasteiger partial charge in [-0.05, 0) is 55.3 Å². The number of carbonyl (C=O) groups is 1. The fourth-order valence-electron chi connectivity index (χ4n) is 3.11. The number of hydrogen-bond acceptors (Lipinski definition) is 4. The second-order valence-corrected chi connectivity index (χ2v) is 7.61. The molecule has 138 valence electrons. The van der Waals surface area contributed by atoms with Crippen molar-refractivity contribution in [3.8, 4) is 11.4 Å². The Labute approximate surface area is 169 Å². The summed E-state index contributed by atoms with van der Waals surface area (Å²) < 4.78 is 6.45. The molecule has 1 aliphatic heterocycles. The molecule has 3 aromatic rings. The number of nitrogens with one attached hydrogen (secondary N) is 1. The van der Waals surface area contributed by atoms with E-state index in [9.17, 15) is 4.79 Å². The molecule has 0 saturated carbocycles. The molecule has 1 aliphatic rings. The van der Waals surface area contributed by atoms with Gasteiger partial charge in [0.25, 0.3) is 0 Å². The molecule has 1 saturated heterocycles. The number of benzene rings is 2. The van der Waals surface area contributed by atoms with Gasteiger partial charge in [0.1, 0.15) is 6.04 Å². The Hall–Kier alpha value is -2.38. The van der Waals surface area contributed by atoms with Crippen LogP contribution < -0.4 is 5.32 Å². The van der Waals surface area contributed by atoms with Crippen molar-refractivity contribution < 1.29 is 9.32 Å². The van der Waals surface area contributed by atoms with Crippen molar-refractivity contribution in [2.75, 3.05) is 11.9 Å². The van der Waals surface area contributed by atoms with Crippen LogP contribution in [0.3, 0.4) is 0 Å². The molecular formula is C19H16BrClN4O2. The van der Waals surface area contributed by atoms with Gasteiger partial charge in [0.05, 0.1) is 0 Å². The second kappa shape index (κ2) is 7.70. The molecule has 1 aromatic heterocycles. The highest BCUT2D eigenvalue weighted by Crippen LogP contribution is 2.32. The van der Waals surface area contributed by atoms with Gasteiger partial charge in [-0.3, -0.25) is 0 Å². The van der Waals surface area contributed by atoms with Crippen LogP contribution in [0.15, 0.2) is 57.5 Å². The molecule has 2 heterocycles. The first-order chi connectivity index (χ1) is 13.1. The van der Waals surface area contributed by atoms with Gasteiger partial charge in [-0.1, -0.05) is 38.8 Å². The van der Waals surface area contributed by atoms with Crippen molar-refractivity contribution in [1.82, 2.24) is 15.0 Å². The van der Waals surface area contributed by atoms with Crippen LogP contribution in [0.5, 0.6) is 0 Å². The summed E-state index contributed by atoms with van der Waals surface area (Å²) in [7, 11) is 0. The lowest BCUT2D eigenvalue weighted by Gasteiger charge is -2.22. The van der Waals surface area contributed by atoms with Crippen molar-refractivity contribution in [3.63, 3.8) is 0 Å². The highest BCUT2D eigenvalue weighted by Gasteiger charge is 2.34. The van der Waals surface area contributed by atoms with Gasteiger partial charge in [0.2, 0.25) is 11.7 Å². The summed E-state index contributed by atoms with van der Waals surface area (Å²) in [4.78, 5) is 18.9. The van der Waals surface area contributed by atoms with Gasteiger partial charge >= 0.3 is 6.03 Å². The zero-order chi connectivity index (χ0) is 18.8. The van der Waals surface area contributed by atoms with Crippen LogP contribution >= 0.6 is 27.5 Å². The van der Waals surface area contributed by atoms with Crippen LogP contribution in [0.25, 0.3) is 11.4 Å². The molecule has 8 heteroatoms. The van der Waals surface area contributed by atoms with Crippen LogP contribution in [0, 0.1) is 0 Å². The average Bonchev–Trinajstić information content (AvgIpc) is 3.31. The summed E-state index contributed by atoms with van der Waals surface area (Å²) >= 11 is 9.39. The lowest BCUT2D eigenvalue weighted by Crippen LogP contribution is -2.34. The third-order valence-corrected chi connectivity index (χ3v) is 5.18. The maximum atomic E-state index is 12.7. The molecule has 6 nitrogen and oxygen atoms in total. The van der Waals surface area contributed by atoms with Gasteiger partial charge in [0.15, 0.2) is 0 Å². The van der Waals surface area contributed by atoms with Crippen LogP contribution in [0.1, 0.15) is 24.8 Å². The summed E-state index contributed by atoms with van der Waals surface area (Å²) in [6, 6.07) is 14.3. The number of urea groups is 1. The predicted molar refractivity (Wildman–Crippen MR) is 107 cm³/mol. The number of amides is 2. The first-order valence-electron chi connectivity index (χ1n) is 8.53. The lowest BCUT2D eigenvalue weighted by molar-refractivity contribution is 0.193. The minimum absolute atomic E-state index is 0.205. The van der Waals surface area contributed by atoms with E-state index in [2.05, 4.69) is 31.4 Å². The Morgan fingerprint density at radius 3 is 2.85 bits per heavy atom. The maximum absolute atomic E-state index is 12.7. The van der Waals surface area contributed by atoms with Gasteiger partial charge in [-0.2, -0.15) is 4.98 Å². The maximum Gasteiger partial charge on any atom is 0.322 e. The number of hydrogen-bond donors (Lipinski definition) is 1.